The number of fused-ring (bicyclic) bond motifs is 3. The molecule has 45 heavy (non-hydrogen) atoms. The summed E-state index contributed by atoms with van der Waals surface area (Å²) < 4.78 is 7.47. The number of benzene rings is 3. The lowest BCUT2D eigenvalue weighted by molar-refractivity contribution is -0.121. The van der Waals surface area contributed by atoms with Gasteiger partial charge in [0.05, 0.1) is 30.5 Å². The van der Waals surface area contributed by atoms with E-state index in [9.17, 15) is 14.7 Å². The second-order valence-corrected chi connectivity index (χ2v) is 11.9. The van der Waals surface area contributed by atoms with Gasteiger partial charge in [-0.15, -0.1) is 10.2 Å². The van der Waals surface area contributed by atoms with E-state index < -0.39 is 11.6 Å². The molecule has 1 aliphatic heterocycles. The Balaban J connectivity index is 1.24. The van der Waals surface area contributed by atoms with E-state index in [0.717, 1.165) is 16.8 Å². The van der Waals surface area contributed by atoms with Crippen molar-refractivity contribution in [2.75, 3.05) is 20.2 Å². The van der Waals surface area contributed by atoms with Gasteiger partial charge in [-0.3, -0.25) is 19.1 Å². The van der Waals surface area contributed by atoms with E-state index in [0.29, 0.717) is 65.2 Å². The molecule has 0 bridgehead atoms. The monoisotopic (exact) mass is 628 g/mol. The van der Waals surface area contributed by atoms with Crippen LogP contribution in [0.3, 0.4) is 0 Å². The topological polar surface area (TPSA) is 131 Å². The van der Waals surface area contributed by atoms with Gasteiger partial charge < -0.3 is 20.5 Å². The Morgan fingerprint density at radius 3 is 2.44 bits per heavy atom. The molecule has 11 heteroatoms. The number of hydrogen-bond donors (Lipinski definition) is 3. The van der Waals surface area contributed by atoms with Crippen molar-refractivity contribution in [1.82, 2.24) is 25.4 Å². The van der Waals surface area contributed by atoms with Crippen molar-refractivity contribution in [2.24, 2.45) is 4.99 Å². The van der Waals surface area contributed by atoms with Crippen LogP contribution >= 0.6 is 11.6 Å². The van der Waals surface area contributed by atoms with Crippen LogP contribution in [0.15, 0.2) is 71.7 Å². The predicted molar refractivity (Wildman–Crippen MR) is 173 cm³/mol. The van der Waals surface area contributed by atoms with Crippen molar-refractivity contribution in [3.05, 3.63) is 106 Å². The fraction of sp³-hybridized carbons (Fsp3) is 0.324. The number of hydrogen-bond acceptors (Lipinski definition) is 7. The minimum Gasteiger partial charge on any atom is -0.497 e. The van der Waals surface area contributed by atoms with E-state index in [-0.39, 0.29) is 18.2 Å². The summed E-state index contributed by atoms with van der Waals surface area (Å²) in [6, 6.07) is 19.6. The highest BCUT2D eigenvalue weighted by Gasteiger charge is 2.30. The van der Waals surface area contributed by atoms with Crippen molar-refractivity contribution >= 4 is 29.1 Å². The van der Waals surface area contributed by atoms with Crippen molar-refractivity contribution < 1.29 is 19.4 Å². The molecule has 1 aromatic heterocycles. The minimum absolute atomic E-state index is 0.0780. The molecule has 0 spiro atoms. The van der Waals surface area contributed by atoms with Crippen LogP contribution in [0.5, 0.6) is 5.75 Å². The van der Waals surface area contributed by atoms with Gasteiger partial charge >= 0.3 is 0 Å². The quantitative estimate of drug-likeness (QED) is 0.199. The summed E-state index contributed by atoms with van der Waals surface area (Å²) in [5.74, 6) is 1.57. The number of carbonyl (C=O) groups is 2. The summed E-state index contributed by atoms with van der Waals surface area (Å²) in [5.41, 5.74) is 3.37. The number of carbonyl (C=O) groups excluding carboxylic acids is 2. The second-order valence-electron chi connectivity index (χ2n) is 11.5. The van der Waals surface area contributed by atoms with Gasteiger partial charge in [0, 0.05) is 34.8 Å². The maximum atomic E-state index is 13.2. The van der Waals surface area contributed by atoms with Crippen molar-refractivity contribution in [1.29, 1.82) is 0 Å². The average Bonchev–Trinajstić information content (AvgIpc) is 3.35. The third kappa shape index (κ3) is 7.41. The highest BCUT2D eigenvalue weighted by Crippen LogP contribution is 2.34. The zero-order chi connectivity index (χ0) is 32.1. The lowest BCUT2D eigenvalue weighted by atomic mass is 9.96. The molecule has 10 nitrogen and oxygen atoms in total. The van der Waals surface area contributed by atoms with Gasteiger partial charge in [0.2, 0.25) is 5.91 Å². The SMILES string of the molecule is COc1ccc2c(c1)C(c1ccc(Cl)cc1)=NC(CC(=O)NCCCCNC(=O)c1cccc(C(C)(C)O)c1)c1nnc(C)n1-2. The van der Waals surface area contributed by atoms with Gasteiger partial charge in [0.25, 0.3) is 5.91 Å². The van der Waals surface area contributed by atoms with E-state index in [2.05, 4.69) is 20.8 Å². The Morgan fingerprint density at radius 2 is 1.73 bits per heavy atom. The lowest BCUT2D eigenvalue weighted by Gasteiger charge is -2.18. The zero-order valence-corrected chi connectivity index (χ0v) is 26.6. The van der Waals surface area contributed by atoms with Crippen LogP contribution in [0.4, 0.5) is 0 Å². The summed E-state index contributed by atoms with van der Waals surface area (Å²) >= 11 is 6.18. The second kappa shape index (κ2) is 13.6. The third-order valence-corrected chi connectivity index (χ3v) is 7.92. The molecular formula is C34H37ClN6O4. The van der Waals surface area contributed by atoms with Crippen LogP contribution in [0, 0.1) is 6.92 Å². The van der Waals surface area contributed by atoms with Gasteiger partial charge in [-0.25, -0.2) is 0 Å². The smallest absolute Gasteiger partial charge is 0.251 e. The minimum atomic E-state index is -1.03. The predicted octanol–water partition coefficient (Wildman–Crippen LogP) is 5.07. The Labute approximate surface area is 267 Å². The molecule has 0 saturated carbocycles. The molecule has 2 amide bonds. The summed E-state index contributed by atoms with van der Waals surface area (Å²) in [7, 11) is 1.62. The molecular weight excluding hydrogens is 592 g/mol. The lowest BCUT2D eigenvalue weighted by Crippen LogP contribution is -2.28. The number of rotatable bonds is 11. The average molecular weight is 629 g/mol. The van der Waals surface area contributed by atoms with Crippen LogP contribution in [-0.4, -0.2) is 57.6 Å². The van der Waals surface area contributed by atoms with Crippen LogP contribution in [0.2, 0.25) is 5.02 Å². The van der Waals surface area contributed by atoms with Crippen molar-refractivity contribution in [2.45, 2.75) is 51.7 Å². The van der Waals surface area contributed by atoms with Gasteiger partial charge in [-0.05, 0) is 81.6 Å². The number of aliphatic hydroxyl groups is 1. The number of nitrogens with one attached hydrogen (secondary N) is 2. The Bertz CT molecular complexity index is 1730. The van der Waals surface area contributed by atoms with Crippen molar-refractivity contribution in [3.8, 4) is 11.4 Å². The molecule has 1 unspecified atom stereocenters. The first-order chi connectivity index (χ1) is 21.5. The highest BCUT2D eigenvalue weighted by atomic mass is 35.5. The number of unbranched alkanes of at least 4 members (excludes halogenated alkanes) is 1. The van der Waals surface area contributed by atoms with Crippen LogP contribution in [0.1, 0.15) is 77.8 Å². The first kappa shape index (κ1) is 31.9. The zero-order valence-electron chi connectivity index (χ0n) is 25.8. The normalized spacial score (nSPS) is 14.1. The Hall–Kier alpha value is -4.54. The largest absolute Gasteiger partial charge is 0.497 e. The van der Waals surface area contributed by atoms with E-state index in [4.69, 9.17) is 21.3 Å². The van der Waals surface area contributed by atoms with Crippen LogP contribution in [-0.2, 0) is 10.4 Å². The maximum Gasteiger partial charge on any atom is 0.251 e. The fourth-order valence-electron chi connectivity index (χ4n) is 5.25. The number of halogens is 1. The van der Waals surface area contributed by atoms with Gasteiger partial charge in [0.1, 0.15) is 17.6 Å². The van der Waals surface area contributed by atoms with E-state index in [1.54, 1.807) is 45.2 Å². The van der Waals surface area contributed by atoms with Crippen LogP contribution < -0.4 is 15.4 Å². The number of aromatic nitrogens is 3. The highest BCUT2D eigenvalue weighted by molar-refractivity contribution is 6.30. The summed E-state index contributed by atoms with van der Waals surface area (Å²) in [5, 5.41) is 25.5. The molecule has 234 valence electrons. The molecule has 3 N–H and O–H groups in total. The first-order valence-corrected chi connectivity index (χ1v) is 15.2. The Morgan fingerprint density at radius 1 is 1.00 bits per heavy atom. The number of ether oxygens (including phenoxy) is 1. The molecule has 0 saturated heterocycles. The van der Waals surface area contributed by atoms with E-state index >= 15 is 0 Å². The van der Waals surface area contributed by atoms with Gasteiger partial charge in [0.15, 0.2) is 5.82 Å². The number of nitrogens with zero attached hydrogens (tertiary/aromatic N) is 4. The molecule has 1 aliphatic rings. The van der Waals surface area contributed by atoms with Gasteiger partial charge in [-0.2, -0.15) is 0 Å². The fourth-order valence-corrected chi connectivity index (χ4v) is 5.37. The summed E-state index contributed by atoms with van der Waals surface area (Å²) in [6.45, 7) is 6.15. The van der Waals surface area contributed by atoms with Crippen LogP contribution in [0.25, 0.3) is 5.69 Å². The molecule has 2 heterocycles. The third-order valence-electron chi connectivity index (χ3n) is 7.67. The standard InChI is InChI=1S/C34H37ClN6O4/c1-21-39-40-32-28(20-30(42)36-16-5-6-17-37-33(43)23-8-7-9-24(18-23)34(2,3)44)38-31(22-10-12-25(35)13-11-22)27-19-26(45-4)14-15-29(27)41(21)32/h7-15,18-19,28,44H,5-6,16-17,20H2,1-4H3,(H,36,42)(H,37,43). The van der Waals surface area contributed by atoms with E-state index in [1.165, 1.54) is 0 Å². The molecule has 0 fully saturated rings. The summed E-state index contributed by atoms with van der Waals surface area (Å²) in [6.07, 6.45) is 1.44. The molecule has 3 aromatic carbocycles. The maximum absolute atomic E-state index is 13.2. The molecule has 1 atom stereocenters. The number of aryl methyl sites for hydroxylation is 1. The Kier molecular flexibility index (Phi) is 9.65. The van der Waals surface area contributed by atoms with Crippen molar-refractivity contribution in [3.63, 3.8) is 0 Å². The summed E-state index contributed by atoms with van der Waals surface area (Å²) in [4.78, 5) is 30.8. The number of amides is 2. The van der Waals surface area contributed by atoms with Gasteiger partial charge in [-0.1, -0.05) is 35.9 Å². The number of aliphatic imine (C=N–C) groups is 1. The number of methoxy groups -OCH3 is 1. The molecule has 4 aromatic rings. The van der Waals surface area contributed by atoms with E-state index in [1.807, 2.05) is 54.0 Å². The molecule has 5 rings (SSSR count). The molecule has 0 aliphatic carbocycles. The first-order valence-electron chi connectivity index (χ1n) is 14.9. The molecule has 0 radical (unpaired) electrons.